The van der Waals surface area contributed by atoms with E-state index in [4.69, 9.17) is 11.0 Å². The largest absolute Gasteiger partial charge is 0.341 e. The monoisotopic (exact) mass is 259 g/mol. The van der Waals surface area contributed by atoms with Gasteiger partial charge in [-0.15, -0.1) is 0 Å². The van der Waals surface area contributed by atoms with Crippen molar-refractivity contribution >= 4 is 5.91 Å². The highest BCUT2D eigenvalue weighted by Gasteiger charge is 2.23. The molecule has 4 heteroatoms. The van der Waals surface area contributed by atoms with Crippen LogP contribution >= 0.6 is 0 Å². The Morgan fingerprint density at radius 3 is 2.37 bits per heavy atom. The van der Waals surface area contributed by atoms with Crippen molar-refractivity contribution in [3.8, 4) is 6.07 Å². The van der Waals surface area contributed by atoms with Crippen LogP contribution in [0.25, 0.3) is 0 Å². The number of nitrogens with zero attached hydrogens (tertiary/aromatic N) is 2. The summed E-state index contributed by atoms with van der Waals surface area (Å²) < 4.78 is 0. The first-order valence-electron chi connectivity index (χ1n) is 6.43. The third-order valence-corrected chi connectivity index (χ3v) is 3.25. The molecule has 4 nitrogen and oxygen atoms in total. The minimum Gasteiger partial charge on any atom is -0.341 e. The number of hydrogen-bond donors (Lipinski definition) is 1. The smallest absolute Gasteiger partial charge is 0.227 e. The van der Waals surface area contributed by atoms with Crippen LogP contribution in [-0.2, 0) is 11.3 Å². The molecular weight excluding hydrogens is 238 g/mol. The Labute approximate surface area is 114 Å². The Morgan fingerprint density at radius 1 is 1.37 bits per heavy atom. The van der Waals surface area contributed by atoms with E-state index < -0.39 is 0 Å². The predicted molar refractivity (Wildman–Crippen MR) is 75.0 cm³/mol. The lowest BCUT2D eigenvalue weighted by atomic mass is 9.94. The fraction of sp³-hybridized carbons (Fsp3) is 0.467. The molecule has 1 atom stereocenters. The zero-order chi connectivity index (χ0) is 14.4. The second-order valence-corrected chi connectivity index (χ2v) is 5.09. The van der Waals surface area contributed by atoms with E-state index in [9.17, 15) is 4.79 Å². The second kappa shape index (κ2) is 6.91. The summed E-state index contributed by atoms with van der Waals surface area (Å²) in [5, 5.41) is 8.74. The van der Waals surface area contributed by atoms with Crippen LogP contribution in [0, 0.1) is 23.2 Å². The van der Waals surface area contributed by atoms with E-state index in [1.165, 1.54) is 0 Å². The van der Waals surface area contributed by atoms with Gasteiger partial charge < -0.3 is 10.6 Å². The number of carbonyl (C=O) groups excluding carboxylic acids is 1. The topological polar surface area (TPSA) is 70.1 Å². The van der Waals surface area contributed by atoms with E-state index in [2.05, 4.69) is 6.07 Å². The Balaban J connectivity index is 2.70. The van der Waals surface area contributed by atoms with Crippen molar-refractivity contribution in [2.24, 2.45) is 17.6 Å². The lowest BCUT2D eigenvalue weighted by molar-refractivity contribution is -0.135. The fourth-order valence-electron chi connectivity index (χ4n) is 1.98. The zero-order valence-electron chi connectivity index (χ0n) is 11.8. The maximum absolute atomic E-state index is 12.2. The summed E-state index contributed by atoms with van der Waals surface area (Å²) in [5.74, 6) is 0.172. The minimum atomic E-state index is -0.136. The summed E-state index contributed by atoms with van der Waals surface area (Å²) in [6.45, 7) is 4.91. The highest BCUT2D eigenvalue weighted by Crippen LogP contribution is 2.14. The highest BCUT2D eigenvalue weighted by atomic mass is 16.2. The highest BCUT2D eigenvalue weighted by molar-refractivity contribution is 5.79. The molecule has 0 bridgehead atoms. The van der Waals surface area contributed by atoms with Crippen LogP contribution in [-0.4, -0.2) is 24.4 Å². The number of nitrogens with two attached hydrogens (primary N) is 1. The van der Waals surface area contributed by atoms with Gasteiger partial charge in [-0.2, -0.15) is 5.26 Å². The molecular formula is C15H21N3O. The van der Waals surface area contributed by atoms with Crippen molar-refractivity contribution in [2.45, 2.75) is 20.4 Å². The van der Waals surface area contributed by atoms with Crippen molar-refractivity contribution in [1.29, 1.82) is 5.26 Å². The number of amides is 1. The second-order valence-electron chi connectivity index (χ2n) is 5.09. The third kappa shape index (κ3) is 4.08. The number of nitriles is 1. The molecule has 0 saturated carbocycles. The van der Waals surface area contributed by atoms with E-state index in [0.717, 1.165) is 5.56 Å². The van der Waals surface area contributed by atoms with Gasteiger partial charge in [0.05, 0.1) is 17.6 Å². The lowest BCUT2D eigenvalue weighted by Crippen LogP contribution is -2.38. The van der Waals surface area contributed by atoms with Gasteiger partial charge in [0.15, 0.2) is 0 Å². The molecule has 2 N–H and O–H groups in total. The first-order chi connectivity index (χ1) is 8.99. The molecule has 0 aliphatic carbocycles. The Bertz CT molecular complexity index is 459. The van der Waals surface area contributed by atoms with Crippen molar-refractivity contribution in [1.82, 2.24) is 4.90 Å². The summed E-state index contributed by atoms with van der Waals surface area (Å²) in [6, 6.07) is 9.34. The number of carbonyl (C=O) groups is 1. The van der Waals surface area contributed by atoms with Gasteiger partial charge in [-0.1, -0.05) is 26.0 Å². The standard InChI is InChI=1S/C15H21N3O/c1-11(2)14(9-17)15(19)18(3)10-13-6-4-12(8-16)5-7-13/h4-7,11,14H,9-10,17H2,1-3H3. The fourth-order valence-corrected chi connectivity index (χ4v) is 1.98. The summed E-state index contributed by atoms with van der Waals surface area (Å²) in [7, 11) is 1.78. The molecule has 1 aromatic rings. The first-order valence-corrected chi connectivity index (χ1v) is 6.43. The van der Waals surface area contributed by atoms with Gasteiger partial charge in [-0.05, 0) is 23.6 Å². The van der Waals surface area contributed by atoms with Gasteiger partial charge in [0.2, 0.25) is 5.91 Å². The van der Waals surface area contributed by atoms with E-state index in [1.54, 1.807) is 24.1 Å². The third-order valence-electron chi connectivity index (χ3n) is 3.25. The number of rotatable bonds is 5. The van der Waals surface area contributed by atoms with Crippen molar-refractivity contribution in [3.63, 3.8) is 0 Å². The van der Waals surface area contributed by atoms with E-state index >= 15 is 0 Å². The molecule has 0 fully saturated rings. The molecule has 0 aliphatic heterocycles. The summed E-state index contributed by atoms with van der Waals surface area (Å²) in [6.07, 6.45) is 0. The minimum absolute atomic E-state index is 0.0712. The molecule has 0 aromatic heterocycles. The zero-order valence-corrected chi connectivity index (χ0v) is 11.8. The van der Waals surface area contributed by atoms with E-state index in [0.29, 0.717) is 18.7 Å². The summed E-state index contributed by atoms with van der Waals surface area (Å²) in [4.78, 5) is 13.9. The molecule has 1 aromatic carbocycles. The van der Waals surface area contributed by atoms with Crippen LogP contribution in [0.4, 0.5) is 0 Å². The average molecular weight is 259 g/mol. The molecule has 19 heavy (non-hydrogen) atoms. The Kier molecular flexibility index (Phi) is 5.53. The van der Waals surface area contributed by atoms with Crippen molar-refractivity contribution in [2.75, 3.05) is 13.6 Å². The number of benzene rings is 1. The molecule has 0 radical (unpaired) electrons. The van der Waals surface area contributed by atoms with Crippen LogP contribution in [0.5, 0.6) is 0 Å². The van der Waals surface area contributed by atoms with Crippen LogP contribution in [0.3, 0.4) is 0 Å². The molecule has 0 spiro atoms. The quantitative estimate of drug-likeness (QED) is 0.875. The molecule has 1 rings (SSSR count). The van der Waals surface area contributed by atoms with Gasteiger partial charge in [0.25, 0.3) is 0 Å². The summed E-state index contributed by atoms with van der Waals surface area (Å²) in [5.41, 5.74) is 7.29. The van der Waals surface area contributed by atoms with Crippen LogP contribution in [0.2, 0.25) is 0 Å². The van der Waals surface area contributed by atoms with Crippen LogP contribution in [0.1, 0.15) is 25.0 Å². The average Bonchev–Trinajstić information content (AvgIpc) is 2.39. The molecule has 0 heterocycles. The van der Waals surface area contributed by atoms with E-state index in [1.807, 2.05) is 26.0 Å². The SMILES string of the molecule is CC(C)C(CN)C(=O)N(C)Cc1ccc(C#N)cc1. The van der Waals surface area contributed by atoms with E-state index in [-0.39, 0.29) is 17.7 Å². The molecule has 1 unspecified atom stereocenters. The predicted octanol–water partition coefficient (Wildman–Crippen LogP) is 1.75. The van der Waals surface area contributed by atoms with Gasteiger partial charge in [0.1, 0.15) is 0 Å². The molecule has 0 aliphatic rings. The van der Waals surface area contributed by atoms with Crippen molar-refractivity contribution < 1.29 is 4.79 Å². The maximum atomic E-state index is 12.2. The van der Waals surface area contributed by atoms with Crippen LogP contribution < -0.4 is 5.73 Å². The van der Waals surface area contributed by atoms with Gasteiger partial charge >= 0.3 is 0 Å². The molecule has 102 valence electrons. The maximum Gasteiger partial charge on any atom is 0.227 e. The summed E-state index contributed by atoms with van der Waals surface area (Å²) >= 11 is 0. The van der Waals surface area contributed by atoms with Gasteiger partial charge in [-0.25, -0.2) is 0 Å². The number of hydrogen-bond acceptors (Lipinski definition) is 3. The molecule has 0 saturated heterocycles. The first kappa shape index (κ1) is 15.2. The Hall–Kier alpha value is -1.86. The molecule has 1 amide bonds. The van der Waals surface area contributed by atoms with Crippen molar-refractivity contribution in [3.05, 3.63) is 35.4 Å². The van der Waals surface area contributed by atoms with Gasteiger partial charge in [0, 0.05) is 20.1 Å². The van der Waals surface area contributed by atoms with Crippen LogP contribution in [0.15, 0.2) is 24.3 Å². The Morgan fingerprint density at radius 2 is 1.95 bits per heavy atom. The lowest BCUT2D eigenvalue weighted by Gasteiger charge is -2.25. The van der Waals surface area contributed by atoms with Gasteiger partial charge in [-0.3, -0.25) is 4.79 Å². The normalized spacial score (nSPS) is 12.0.